The van der Waals surface area contributed by atoms with Crippen LogP contribution >= 0.6 is 0 Å². The molecule has 0 spiro atoms. The van der Waals surface area contributed by atoms with Crippen molar-refractivity contribution in [1.82, 2.24) is 4.90 Å². The van der Waals surface area contributed by atoms with Crippen LogP contribution in [-0.2, 0) is 0 Å². The average Bonchev–Trinajstić information content (AvgIpc) is 2.07. The molecule has 0 radical (unpaired) electrons. The van der Waals surface area contributed by atoms with Crippen molar-refractivity contribution >= 4 is 0 Å². The summed E-state index contributed by atoms with van der Waals surface area (Å²) in [5.41, 5.74) is 0.588. The van der Waals surface area contributed by atoms with Gasteiger partial charge in [-0.3, -0.25) is 0 Å². The molecule has 1 aliphatic heterocycles. The number of rotatable bonds is 6. The summed E-state index contributed by atoms with van der Waals surface area (Å²) >= 11 is 0. The van der Waals surface area contributed by atoms with Crippen molar-refractivity contribution < 1.29 is 0 Å². The number of allylic oxidation sites excluding steroid dienone is 1. The molecule has 0 bridgehead atoms. The van der Waals surface area contributed by atoms with E-state index in [1.807, 2.05) is 6.08 Å². The van der Waals surface area contributed by atoms with Crippen molar-refractivity contribution in [3.63, 3.8) is 0 Å². The van der Waals surface area contributed by atoms with Gasteiger partial charge in [0.1, 0.15) is 0 Å². The maximum atomic E-state index is 3.79. The third-order valence-corrected chi connectivity index (χ3v) is 3.19. The van der Waals surface area contributed by atoms with Crippen LogP contribution < -0.4 is 0 Å². The van der Waals surface area contributed by atoms with Crippen LogP contribution in [0, 0.1) is 11.3 Å². The van der Waals surface area contributed by atoms with Crippen LogP contribution in [-0.4, -0.2) is 24.5 Å². The normalized spacial score (nSPS) is 20.9. The van der Waals surface area contributed by atoms with Crippen LogP contribution in [0.2, 0.25) is 0 Å². The van der Waals surface area contributed by atoms with Crippen LogP contribution in [0.25, 0.3) is 0 Å². The molecule has 0 unspecified atom stereocenters. The van der Waals surface area contributed by atoms with Crippen LogP contribution in [0.4, 0.5) is 0 Å². The Kier molecular flexibility index (Phi) is 4.18. The summed E-state index contributed by atoms with van der Waals surface area (Å²) in [6, 6.07) is 0. The Labute approximate surface area is 89.2 Å². The first-order valence-corrected chi connectivity index (χ1v) is 5.89. The molecule has 0 saturated carbocycles. The first kappa shape index (κ1) is 11.8. The van der Waals surface area contributed by atoms with Crippen molar-refractivity contribution in [2.75, 3.05) is 19.6 Å². The number of nitrogens with zero attached hydrogens (tertiary/aromatic N) is 1. The molecule has 0 amide bonds. The minimum absolute atomic E-state index is 0.588. The molecular formula is C13H25N. The average molecular weight is 195 g/mol. The standard InChI is InChI=1S/C13H25N/c1-5-6-8-13(4)10-14(11-13)9-7-12(2)3/h5,12H,1,6-11H2,2-4H3. The lowest BCUT2D eigenvalue weighted by Crippen LogP contribution is -2.54. The van der Waals surface area contributed by atoms with Gasteiger partial charge in [-0.15, -0.1) is 6.58 Å². The third-order valence-electron chi connectivity index (χ3n) is 3.19. The maximum absolute atomic E-state index is 3.79. The van der Waals surface area contributed by atoms with Crippen LogP contribution in [0.5, 0.6) is 0 Å². The van der Waals surface area contributed by atoms with E-state index in [0.717, 1.165) is 5.92 Å². The molecule has 0 aromatic carbocycles. The number of hydrogen-bond acceptors (Lipinski definition) is 1. The summed E-state index contributed by atoms with van der Waals surface area (Å²) < 4.78 is 0. The van der Waals surface area contributed by atoms with E-state index in [4.69, 9.17) is 0 Å². The molecule has 1 aliphatic rings. The smallest absolute Gasteiger partial charge is 0.00479 e. The Hall–Kier alpha value is -0.300. The monoisotopic (exact) mass is 195 g/mol. The number of likely N-dealkylation sites (tertiary alicyclic amines) is 1. The van der Waals surface area contributed by atoms with Gasteiger partial charge in [0.25, 0.3) is 0 Å². The largest absolute Gasteiger partial charge is 0.302 e. The molecule has 1 nitrogen and oxygen atoms in total. The van der Waals surface area contributed by atoms with E-state index < -0.39 is 0 Å². The van der Waals surface area contributed by atoms with E-state index in [0.29, 0.717) is 5.41 Å². The lowest BCUT2D eigenvalue weighted by Gasteiger charge is -2.48. The van der Waals surface area contributed by atoms with Gasteiger partial charge in [0.15, 0.2) is 0 Å². The molecular weight excluding hydrogens is 170 g/mol. The molecule has 1 heterocycles. The van der Waals surface area contributed by atoms with E-state index in [-0.39, 0.29) is 0 Å². The topological polar surface area (TPSA) is 3.24 Å². The van der Waals surface area contributed by atoms with Crippen molar-refractivity contribution in [2.24, 2.45) is 11.3 Å². The third kappa shape index (κ3) is 3.45. The molecule has 82 valence electrons. The van der Waals surface area contributed by atoms with Crippen LogP contribution in [0.3, 0.4) is 0 Å². The van der Waals surface area contributed by atoms with Gasteiger partial charge in [-0.25, -0.2) is 0 Å². The van der Waals surface area contributed by atoms with Gasteiger partial charge in [-0.05, 0) is 37.1 Å². The van der Waals surface area contributed by atoms with E-state index in [9.17, 15) is 0 Å². The second kappa shape index (κ2) is 4.97. The highest BCUT2D eigenvalue weighted by Gasteiger charge is 2.37. The zero-order chi connectivity index (χ0) is 10.6. The first-order chi connectivity index (χ1) is 6.56. The van der Waals surface area contributed by atoms with Crippen molar-refractivity contribution in [2.45, 2.75) is 40.0 Å². The van der Waals surface area contributed by atoms with Gasteiger partial charge < -0.3 is 4.90 Å². The Balaban J connectivity index is 2.12. The van der Waals surface area contributed by atoms with Gasteiger partial charge >= 0.3 is 0 Å². The van der Waals surface area contributed by atoms with Gasteiger partial charge in [-0.2, -0.15) is 0 Å². The van der Waals surface area contributed by atoms with E-state index >= 15 is 0 Å². The SMILES string of the molecule is C=CCCC1(C)CN(CCC(C)C)C1. The Morgan fingerprint density at radius 2 is 2.07 bits per heavy atom. The van der Waals surface area contributed by atoms with E-state index in [2.05, 4.69) is 32.3 Å². The van der Waals surface area contributed by atoms with Gasteiger partial charge in [0.2, 0.25) is 0 Å². The summed E-state index contributed by atoms with van der Waals surface area (Å²) in [5, 5.41) is 0. The molecule has 0 aromatic rings. The summed E-state index contributed by atoms with van der Waals surface area (Å²) in [6.07, 6.45) is 5.88. The molecule has 1 heteroatoms. The Bertz CT molecular complexity index is 178. The maximum Gasteiger partial charge on any atom is 0.00479 e. The lowest BCUT2D eigenvalue weighted by molar-refractivity contribution is 0.00690. The fraction of sp³-hybridized carbons (Fsp3) is 0.846. The van der Waals surface area contributed by atoms with Crippen molar-refractivity contribution in [3.05, 3.63) is 12.7 Å². The number of hydrogen-bond donors (Lipinski definition) is 0. The Morgan fingerprint density at radius 3 is 2.57 bits per heavy atom. The highest BCUT2D eigenvalue weighted by atomic mass is 15.2. The van der Waals surface area contributed by atoms with Gasteiger partial charge in [-0.1, -0.05) is 26.8 Å². The fourth-order valence-electron chi connectivity index (χ4n) is 2.24. The van der Waals surface area contributed by atoms with Gasteiger partial charge in [0.05, 0.1) is 0 Å². The van der Waals surface area contributed by atoms with E-state index in [1.54, 1.807) is 0 Å². The van der Waals surface area contributed by atoms with E-state index in [1.165, 1.54) is 38.9 Å². The summed E-state index contributed by atoms with van der Waals surface area (Å²) in [6.45, 7) is 14.7. The molecule has 14 heavy (non-hydrogen) atoms. The minimum Gasteiger partial charge on any atom is -0.302 e. The minimum atomic E-state index is 0.588. The highest BCUT2D eigenvalue weighted by molar-refractivity contribution is 4.92. The summed E-state index contributed by atoms with van der Waals surface area (Å²) in [5.74, 6) is 0.843. The molecule has 0 atom stereocenters. The molecule has 1 saturated heterocycles. The van der Waals surface area contributed by atoms with Gasteiger partial charge in [0, 0.05) is 13.1 Å². The molecule has 0 aromatic heterocycles. The predicted octanol–water partition coefficient (Wildman–Crippen LogP) is 3.32. The van der Waals surface area contributed by atoms with Crippen LogP contribution in [0.15, 0.2) is 12.7 Å². The summed E-state index contributed by atoms with van der Waals surface area (Å²) in [4.78, 5) is 2.59. The fourth-order valence-corrected chi connectivity index (χ4v) is 2.24. The van der Waals surface area contributed by atoms with Crippen LogP contribution in [0.1, 0.15) is 40.0 Å². The van der Waals surface area contributed by atoms with Crippen molar-refractivity contribution in [3.8, 4) is 0 Å². The molecule has 1 fully saturated rings. The first-order valence-electron chi connectivity index (χ1n) is 5.89. The summed E-state index contributed by atoms with van der Waals surface area (Å²) in [7, 11) is 0. The second-order valence-corrected chi connectivity index (χ2v) is 5.53. The molecule has 0 N–H and O–H groups in total. The van der Waals surface area contributed by atoms with Crippen molar-refractivity contribution in [1.29, 1.82) is 0 Å². The lowest BCUT2D eigenvalue weighted by atomic mass is 9.77. The molecule has 0 aliphatic carbocycles. The Morgan fingerprint density at radius 1 is 1.43 bits per heavy atom. The quantitative estimate of drug-likeness (QED) is 0.588. The zero-order valence-corrected chi connectivity index (χ0v) is 10.1. The predicted molar refractivity (Wildman–Crippen MR) is 63.4 cm³/mol. The zero-order valence-electron chi connectivity index (χ0n) is 10.1. The second-order valence-electron chi connectivity index (χ2n) is 5.53. The highest BCUT2D eigenvalue weighted by Crippen LogP contribution is 2.34. The molecule has 1 rings (SSSR count).